The Labute approximate surface area is 160 Å². The van der Waals surface area contributed by atoms with Gasteiger partial charge in [0, 0.05) is 22.3 Å². The largest absolute Gasteiger partial charge is 0.207 e. The molecule has 0 aliphatic heterocycles. The Morgan fingerprint density at radius 3 is 1.50 bits per heavy atom. The molecule has 28 heavy (non-hydrogen) atoms. The van der Waals surface area contributed by atoms with Crippen molar-refractivity contribution < 1.29 is 17.6 Å². The molecule has 0 saturated heterocycles. The van der Waals surface area contributed by atoms with E-state index in [2.05, 4.69) is 23.7 Å². The zero-order valence-corrected chi connectivity index (χ0v) is 15.1. The number of aryl methyl sites for hydroxylation is 1. The van der Waals surface area contributed by atoms with E-state index in [-0.39, 0.29) is 16.7 Å². The molecule has 138 valence electrons. The smallest absolute Gasteiger partial charge is 0.143 e. The molecule has 0 radical (unpaired) electrons. The molecule has 3 rings (SSSR count). The van der Waals surface area contributed by atoms with Crippen molar-refractivity contribution in [3.63, 3.8) is 0 Å². The molecule has 0 nitrogen and oxygen atoms in total. The summed E-state index contributed by atoms with van der Waals surface area (Å²) < 4.78 is 55.6. The second-order valence-corrected chi connectivity index (χ2v) is 6.25. The third kappa shape index (κ3) is 4.42. The van der Waals surface area contributed by atoms with Gasteiger partial charge in [-0.05, 0) is 50.2 Å². The zero-order valence-electron chi connectivity index (χ0n) is 15.1. The van der Waals surface area contributed by atoms with Gasteiger partial charge < -0.3 is 0 Å². The van der Waals surface area contributed by atoms with Gasteiger partial charge in [0.2, 0.25) is 0 Å². The lowest BCUT2D eigenvalue weighted by atomic mass is 10.1. The SMILES string of the molecule is Cc1ccc(C#Cc2cc(F)c(C#Cc3cc(F)c(C)c(F)c3)c(F)c2)cc1. The number of halogens is 4. The lowest BCUT2D eigenvalue weighted by Gasteiger charge is -2.00. The predicted octanol–water partition coefficient (Wildman–Crippen LogP) is 5.66. The number of hydrogen-bond acceptors (Lipinski definition) is 0. The monoisotopic (exact) mass is 378 g/mol. The lowest BCUT2D eigenvalue weighted by molar-refractivity contribution is 0.567. The van der Waals surface area contributed by atoms with E-state index in [9.17, 15) is 17.6 Å². The van der Waals surface area contributed by atoms with Crippen molar-refractivity contribution >= 4 is 0 Å². The van der Waals surface area contributed by atoms with Gasteiger partial charge >= 0.3 is 0 Å². The molecule has 3 aromatic rings. The van der Waals surface area contributed by atoms with Gasteiger partial charge in [0.25, 0.3) is 0 Å². The van der Waals surface area contributed by atoms with Crippen LogP contribution in [0.3, 0.4) is 0 Å². The minimum Gasteiger partial charge on any atom is -0.207 e. The highest BCUT2D eigenvalue weighted by Crippen LogP contribution is 2.16. The topological polar surface area (TPSA) is 0 Å². The van der Waals surface area contributed by atoms with Crippen LogP contribution in [0.4, 0.5) is 17.6 Å². The van der Waals surface area contributed by atoms with Crippen LogP contribution in [-0.4, -0.2) is 0 Å². The first-order valence-corrected chi connectivity index (χ1v) is 8.39. The molecular weight excluding hydrogens is 364 g/mol. The van der Waals surface area contributed by atoms with E-state index in [1.54, 1.807) is 0 Å². The highest BCUT2D eigenvalue weighted by Gasteiger charge is 2.09. The van der Waals surface area contributed by atoms with E-state index in [1.807, 2.05) is 31.2 Å². The van der Waals surface area contributed by atoms with Crippen molar-refractivity contribution in [1.82, 2.24) is 0 Å². The van der Waals surface area contributed by atoms with Crippen molar-refractivity contribution in [2.45, 2.75) is 13.8 Å². The Hall–Kier alpha value is -3.50. The first kappa shape index (κ1) is 19.3. The van der Waals surface area contributed by atoms with Gasteiger partial charge in [0.15, 0.2) is 0 Å². The van der Waals surface area contributed by atoms with Crippen LogP contribution in [0.25, 0.3) is 0 Å². The van der Waals surface area contributed by atoms with E-state index in [0.717, 1.165) is 35.4 Å². The maximum Gasteiger partial charge on any atom is 0.143 e. The Morgan fingerprint density at radius 1 is 0.536 bits per heavy atom. The quantitative estimate of drug-likeness (QED) is 0.350. The summed E-state index contributed by atoms with van der Waals surface area (Å²) in [6.45, 7) is 3.23. The number of benzene rings is 3. The fraction of sp³-hybridized carbons (Fsp3) is 0.0833. The van der Waals surface area contributed by atoms with Gasteiger partial charge in [-0.1, -0.05) is 41.4 Å². The zero-order chi connectivity index (χ0) is 20.3. The maximum atomic E-state index is 14.3. The van der Waals surface area contributed by atoms with Gasteiger partial charge in [0.05, 0.1) is 5.56 Å². The van der Waals surface area contributed by atoms with E-state index >= 15 is 0 Å². The molecule has 0 aliphatic rings. The van der Waals surface area contributed by atoms with E-state index < -0.39 is 28.8 Å². The first-order chi connectivity index (χ1) is 13.3. The molecular formula is C24H14F4. The van der Waals surface area contributed by atoms with Crippen LogP contribution in [0.5, 0.6) is 0 Å². The van der Waals surface area contributed by atoms with Crippen molar-refractivity contribution in [2.75, 3.05) is 0 Å². The number of hydrogen-bond donors (Lipinski definition) is 0. The second-order valence-electron chi connectivity index (χ2n) is 6.25. The normalized spacial score (nSPS) is 9.93. The second kappa shape index (κ2) is 8.03. The van der Waals surface area contributed by atoms with Crippen LogP contribution in [0.1, 0.15) is 33.4 Å². The van der Waals surface area contributed by atoms with E-state index in [4.69, 9.17) is 0 Å². The van der Waals surface area contributed by atoms with Crippen molar-refractivity contribution in [1.29, 1.82) is 0 Å². The summed E-state index contributed by atoms with van der Waals surface area (Å²) in [7, 11) is 0. The summed E-state index contributed by atoms with van der Waals surface area (Å²) in [6, 6.07) is 11.6. The van der Waals surface area contributed by atoms with E-state index in [0.29, 0.717) is 0 Å². The van der Waals surface area contributed by atoms with Crippen LogP contribution in [0.15, 0.2) is 48.5 Å². The summed E-state index contributed by atoms with van der Waals surface area (Å²) in [5, 5.41) is 0. The third-order valence-corrected chi connectivity index (χ3v) is 4.06. The Bertz CT molecular complexity index is 1120. The Morgan fingerprint density at radius 2 is 0.964 bits per heavy atom. The molecule has 0 fully saturated rings. The summed E-state index contributed by atoms with van der Waals surface area (Å²) in [4.78, 5) is 0. The Balaban J connectivity index is 1.91. The van der Waals surface area contributed by atoms with Crippen molar-refractivity contribution in [3.05, 3.63) is 105 Å². The van der Waals surface area contributed by atoms with Gasteiger partial charge in [-0.15, -0.1) is 0 Å². The standard InChI is InChI=1S/C24H14F4/c1-15-3-5-17(6-4-15)7-8-18-13-23(27)20(24(28)14-18)10-9-19-11-21(25)16(2)22(26)12-19/h3-6,11-14H,1-2H3. The summed E-state index contributed by atoms with van der Waals surface area (Å²) in [6.07, 6.45) is 0. The molecule has 3 aromatic carbocycles. The van der Waals surface area contributed by atoms with Crippen LogP contribution in [0, 0.1) is 60.8 Å². The average Bonchev–Trinajstić information content (AvgIpc) is 2.65. The fourth-order valence-electron chi connectivity index (χ4n) is 2.40. The molecule has 4 heteroatoms. The van der Waals surface area contributed by atoms with Crippen LogP contribution >= 0.6 is 0 Å². The first-order valence-electron chi connectivity index (χ1n) is 8.39. The molecule has 0 aliphatic carbocycles. The minimum atomic E-state index is -0.895. The van der Waals surface area contributed by atoms with Gasteiger partial charge in [-0.25, -0.2) is 17.6 Å². The molecule has 0 unspecified atom stereocenters. The molecule has 0 N–H and O–H groups in total. The van der Waals surface area contributed by atoms with Crippen LogP contribution in [-0.2, 0) is 0 Å². The third-order valence-electron chi connectivity index (χ3n) is 4.06. The molecule has 0 aromatic heterocycles. The van der Waals surface area contributed by atoms with Gasteiger partial charge in [-0.3, -0.25) is 0 Å². The van der Waals surface area contributed by atoms with E-state index in [1.165, 1.54) is 6.92 Å². The summed E-state index contributed by atoms with van der Waals surface area (Å²) >= 11 is 0. The average molecular weight is 378 g/mol. The highest BCUT2D eigenvalue weighted by atomic mass is 19.1. The van der Waals surface area contributed by atoms with Crippen LogP contribution < -0.4 is 0 Å². The Kier molecular flexibility index (Phi) is 5.52. The number of rotatable bonds is 0. The predicted molar refractivity (Wildman–Crippen MR) is 101 cm³/mol. The highest BCUT2D eigenvalue weighted by molar-refractivity contribution is 5.49. The van der Waals surface area contributed by atoms with Crippen molar-refractivity contribution in [2.24, 2.45) is 0 Å². The van der Waals surface area contributed by atoms with Crippen molar-refractivity contribution in [3.8, 4) is 23.7 Å². The molecule has 0 saturated carbocycles. The minimum absolute atomic E-state index is 0.0114. The summed E-state index contributed by atoms with van der Waals surface area (Å²) in [5.74, 6) is 6.90. The molecule has 0 spiro atoms. The molecule has 0 amide bonds. The lowest BCUT2D eigenvalue weighted by Crippen LogP contribution is -1.93. The fourth-order valence-corrected chi connectivity index (χ4v) is 2.40. The maximum absolute atomic E-state index is 14.3. The summed E-state index contributed by atoms with van der Waals surface area (Å²) in [5.41, 5.74) is 1.33. The van der Waals surface area contributed by atoms with Crippen LogP contribution in [0.2, 0.25) is 0 Å². The van der Waals surface area contributed by atoms with Gasteiger partial charge in [-0.2, -0.15) is 0 Å². The molecule has 0 atom stereocenters. The molecule has 0 bridgehead atoms. The van der Waals surface area contributed by atoms with Gasteiger partial charge in [0.1, 0.15) is 23.3 Å². The molecule has 0 heterocycles.